The second-order valence-corrected chi connectivity index (χ2v) is 9.10. The second-order valence-electron chi connectivity index (χ2n) is 5.81. The fraction of sp³-hybridized carbons (Fsp3) is 0.667. The van der Waals surface area contributed by atoms with Gasteiger partial charge in [-0.25, -0.2) is 8.42 Å². The number of rotatable bonds is 8. The molecule has 0 radical (unpaired) electrons. The number of thiophene rings is 1. The molecule has 0 bridgehead atoms. The Labute approximate surface area is 161 Å². The summed E-state index contributed by atoms with van der Waals surface area (Å²) in [5, 5.41) is 8.63. The van der Waals surface area contributed by atoms with Crippen LogP contribution in [0.4, 0.5) is 0 Å². The van der Waals surface area contributed by atoms with Gasteiger partial charge in [0.15, 0.2) is 5.96 Å². The van der Waals surface area contributed by atoms with Gasteiger partial charge in [-0.2, -0.15) is 0 Å². The number of hydrogen-bond acceptors (Lipinski definition) is 4. The van der Waals surface area contributed by atoms with Gasteiger partial charge in [-0.1, -0.05) is 13.0 Å². The molecule has 0 aromatic carbocycles. The van der Waals surface area contributed by atoms with Crippen LogP contribution in [0, 0.1) is 5.92 Å². The lowest BCUT2D eigenvalue weighted by Gasteiger charge is -2.19. The van der Waals surface area contributed by atoms with Crippen molar-refractivity contribution in [3.8, 4) is 0 Å². The van der Waals surface area contributed by atoms with Crippen molar-refractivity contribution in [3.63, 3.8) is 0 Å². The summed E-state index contributed by atoms with van der Waals surface area (Å²) in [7, 11) is -1.19. The molecule has 23 heavy (non-hydrogen) atoms. The van der Waals surface area contributed by atoms with Crippen LogP contribution in [0.25, 0.3) is 0 Å². The largest absolute Gasteiger partial charge is 0.356 e. The SMILES string of the molecule is CN=C(NCC(C)Cc1cccs1)NC(C)CCS(C)(=O)=O.I. The van der Waals surface area contributed by atoms with Crippen molar-refractivity contribution in [2.75, 3.05) is 25.6 Å². The molecule has 1 aromatic rings. The highest BCUT2D eigenvalue weighted by Crippen LogP contribution is 2.13. The van der Waals surface area contributed by atoms with E-state index in [-0.39, 0.29) is 35.8 Å². The van der Waals surface area contributed by atoms with Crippen molar-refractivity contribution in [1.82, 2.24) is 10.6 Å². The molecule has 134 valence electrons. The predicted molar refractivity (Wildman–Crippen MR) is 111 cm³/mol. The van der Waals surface area contributed by atoms with Gasteiger partial charge in [0.05, 0.1) is 5.75 Å². The van der Waals surface area contributed by atoms with E-state index in [9.17, 15) is 8.42 Å². The van der Waals surface area contributed by atoms with E-state index in [0.29, 0.717) is 12.3 Å². The van der Waals surface area contributed by atoms with Crippen molar-refractivity contribution in [3.05, 3.63) is 22.4 Å². The first-order chi connectivity index (χ1) is 10.3. The Kier molecular flexibility index (Phi) is 11.1. The van der Waals surface area contributed by atoms with Crippen LogP contribution in [0.2, 0.25) is 0 Å². The third kappa shape index (κ3) is 10.9. The fourth-order valence-electron chi connectivity index (χ4n) is 2.01. The Morgan fingerprint density at radius 1 is 1.39 bits per heavy atom. The van der Waals surface area contributed by atoms with Crippen LogP contribution in [0.1, 0.15) is 25.1 Å². The minimum Gasteiger partial charge on any atom is -0.356 e. The molecular formula is C15H28IN3O2S2. The number of guanidine groups is 1. The van der Waals surface area contributed by atoms with Crippen molar-refractivity contribution < 1.29 is 8.42 Å². The van der Waals surface area contributed by atoms with Crippen molar-refractivity contribution in [2.24, 2.45) is 10.9 Å². The van der Waals surface area contributed by atoms with E-state index in [4.69, 9.17) is 0 Å². The van der Waals surface area contributed by atoms with Gasteiger partial charge in [0, 0.05) is 30.8 Å². The summed E-state index contributed by atoms with van der Waals surface area (Å²) in [5.74, 6) is 1.41. The van der Waals surface area contributed by atoms with E-state index in [2.05, 4.69) is 40.1 Å². The van der Waals surface area contributed by atoms with E-state index >= 15 is 0 Å². The molecule has 5 nitrogen and oxygen atoms in total. The maximum Gasteiger partial charge on any atom is 0.191 e. The second kappa shape index (κ2) is 11.2. The highest BCUT2D eigenvalue weighted by molar-refractivity contribution is 14.0. The van der Waals surface area contributed by atoms with Crippen molar-refractivity contribution >= 4 is 51.1 Å². The Morgan fingerprint density at radius 3 is 2.61 bits per heavy atom. The quantitative estimate of drug-likeness (QED) is 0.346. The maximum atomic E-state index is 11.2. The lowest BCUT2D eigenvalue weighted by atomic mass is 10.1. The van der Waals surface area contributed by atoms with Gasteiger partial charge in [0.2, 0.25) is 0 Å². The number of sulfone groups is 1. The van der Waals surface area contributed by atoms with Crippen LogP contribution >= 0.6 is 35.3 Å². The molecule has 0 aliphatic rings. The molecule has 2 N–H and O–H groups in total. The van der Waals surface area contributed by atoms with E-state index in [1.165, 1.54) is 11.1 Å². The van der Waals surface area contributed by atoms with Crippen LogP contribution in [-0.2, 0) is 16.3 Å². The number of halogens is 1. The van der Waals surface area contributed by atoms with Crippen LogP contribution in [0.15, 0.2) is 22.5 Å². The van der Waals surface area contributed by atoms with Crippen LogP contribution < -0.4 is 10.6 Å². The minimum absolute atomic E-state index is 0. The van der Waals surface area contributed by atoms with Gasteiger partial charge in [-0.05, 0) is 37.1 Å². The molecule has 1 aromatic heterocycles. The molecule has 1 rings (SSSR count). The van der Waals surface area contributed by atoms with Gasteiger partial charge in [-0.3, -0.25) is 4.99 Å². The summed E-state index contributed by atoms with van der Waals surface area (Å²) in [6, 6.07) is 4.29. The lowest BCUT2D eigenvalue weighted by Crippen LogP contribution is -2.44. The monoisotopic (exact) mass is 473 g/mol. The lowest BCUT2D eigenvalue weighted by molar-refractivity contribution is 0.549. The smallest absolute Gasteiger partial charge is 0.191 e. The third-order valence-corrected chi connectivity index (χ3v) is 5.15. The average molecular weight is 473 g/mol. The van der Waals surface area contributed by atoms with Crippen molar-refractivity contribution in [1.29, 1.82) is 0 Å². The van der Waals surface area contributed by atoms with Gasteiger partial charge in [-0.15, -0.1) is 35.3 Å². The molecule has 1 heterocycles. The van der Waals surface area contributed by atoms with Crippen molar-refractivity contribution in [2.45, 2.75) is 32.7 Å². The number of hydrogen-bond donors (Lipinski definition) is 2. The topological polar surface area (TPSA) is 70.6 Å². The fourth-order valence-corrected chi connectivity index (χ4v) is 3.66. The minimum atomic E-state index is -2.92. The predicted octanol–water partition coefficient (Wildman–Crippen LogP) is 2.53. The molecule has 0 aliphatic heterocycles. The van der Waals surface area contributed by atoms with Gasteiger partial charge < -0.3 is 10.6 Å². The molecular weight excluding hydrogens is 445 g/mol. The van der Waals surface area contributed by atoms with E-state index < -0.39 is 9.84 Å². The first kappa shape index (κ1) is 22.6. The number of nitrogens with one attached hydrogen (secondary N) is 2. The molecule has 2 unspecified atom stereocenters. The zero-order valence-corrected chi connectivity index (χ0v) is 18.2. The Morgan fingerprint density at radius 2 is 2.09 bits per heavy atom. The average Bonchev–Trinajstić information content (AvgIpc) is 2.93. The molecule has 0 aliphatic carbocycles. The Bertz CT molecular complexity index is 559. The Hall–Kier alpha value is -0.350. The van der Waals surface area contributed by atoms with Crippen LogP contribution in [0.3, 0.4) is 0 Å². The molecule has 0 fully saturated rings. The van der Waals surface area contributed by atoms with E-state index in [1.54, 1.807) is 18.4 Å². The van der Waals surface area contributed by atoms with Crippen LogP contribution in [0.5, 0.6) is 0 Å². The first-order valence-corrected chi connectivity index (χ1v) is 10.4. The third-order valence-electron chi connectivity index (χ3n) is 3.28. The maximum absolute atomic E-state index is 11.2. The first-order valence-electron chi connectivity index (χ1n) is 7.47. The summed E-state index contributed by atoms with van der Waals surface area (Å²) >= 11 is 1.78. The highest BCUT2D eigenvalue weighted by Gasteiger charge is 2.10. The van der Waals surface area contributed by atoms with Gasteiger partial charge in [0.1, 0.15) is 9.84 Å². The van der Waals surface area contributed by atoms with Gasteiger partial charge in [0.25, 0.3) is 0 Å². The van der Waals surface area contributed by atoms with Gasteiger partial charge >= 0.3 is 0 Å². The summed E-state index contributed by atoms with van der Waals surface area (Å²) < 4.78 is 22.4. The highest BCUT2D eigenvalue weighted by atomic mass is 127. The summed E-state index contributed by atoms with van der Waals surface area (Å²) in [4.78, 5) is 5.58. The summed E-state index contributed by atoms with van der Waals surface area (Å²) in [6.07, 6.45) is 2.88. The molecule has 0 spiro atoms. The summed E-state index contributed by atoms with van der Waals surface area (Å²) in [6.45, 7) is 5.00. The zero-order chi connectivity index (χ0) is 16.6. The normalized spacial score (nSPS) is 14.7. The number of aliphatic imine (C=N–C) groups is 1. The van der Waals surface area contributed by atoms with E-state index in [1.807, 2.05) is 6.92 Å². The standard InChI is InChI=1S/C15H27N3O2S2.HI/c1-12(10-14-6-5-8-21-14)11-17-15(16-3)18-13(2)7-9-22(4,19)20;/h5-6,8,12-13H,7,9-11H2,1-4H3,(H2,16,17,18);1H. The molecule has 0 amide bonds. The van der Waals surface area contributed by atoms with Crippen LogP contribution in [-0.4, -0.2) is 46.0 Å². The van der Waals surface area contributed by atoms with E-state index in [0.717, 1.165) is 18.9 Å². The summed E-state index contributed by atoms with van der Waals surface area (Å²) in [5.41, 5.74) is 0. The zero-order valence-electron chi connectivity index (χ0n) is 14.2. The molecule has 8 heteroatoms. The molecule has 0 saturated heterocycles. The Balaban J connectivity index is 0.00000484. The molecule has 2 atom stereocenters. The number of nitrogens with zero attached hydrogens (tertiary/aromatic N) is 1. The molecule has 0 saturated carbocycles.